The van der Waals surface area contributed by atoms with E-state index in [2.05, 4.69) is 24.9 Å². The Morgan fingerprint density at radius 2 is 2.21 bits per heavy atom. The summed E-state index contributed by atoms with van der Waals surface area (Å²) in [6.07, 6.45) is 6.27. The lowest BCUT2D eigenvalue weighted by Gasteiger charge is -2.61. The molecular weight excluding hydrogens is 370 g/mol. The van der Waals surface area contributed by atoms with E-state index in [1.165, 1.54) is 0 Å². The van der Waals surface area contributed by atoms with Gasteiger partial charge in [0.15, 0.2) is 29.0 Å². The zero-order chi connectivity index (χ0) is 20.4. The topological polar surface area (TPSA) is 65.1 Å². The number of rotatable bonds is 5. The highest BCUT2D eigenvalue weighted by Crippen LogP contribution is 2.64. The summed E-state index contributed by atoms with van der Waals surface area (Å²) in [7, 11) is 3.68. The second kappa shape index (κ2) is 6.33. The molecule has 154 valence electrons. The maximum absolute atomic E-state index is 13.0. The van der Waals surface area contributed by atoms with Crippen molar-refractivity contribution in [1.82, 2.24) is 4.90 Å². The van der Waals surface area contributed by atoms with Gasteiger partial charge in [-0.1, -0.05) is 19.4 Å². The number of carbonyl (C=O) groups is 2. The minimum Gasteiger partial charge on any atom is -0.493 e. The second-order valence-electron chi connectivity index (χ2n) is 8.66. The molecular formula is C23H27NO5. The minimum atomic E-state index is -0.909. The standard InChI is InChI=1S/C23H27NO5/c1-4-5-6-18(26)29-23-10-9-15(25)21-22(23)11-12-24(2)17(23)13-14-7-8-16(27-3)20(28-21)19(14)22/h7-10,17,21H,4-6,11-13H2,1-3H3/t17-,21+,22+,23-/m1/s1. The molecule has 1 aromatic rings. The molecule has 5 rings (SSSR count). The van der Waals surface area contributed by atoms with Gasteiger partial charge in [-0.3, -0.25) is 14.5 Å². The van der Waals surface area contributed by atoms with Gasteiger partial charge >= 0.3 is 5.97 Å². The summed E-state index contributed by atoms with van der Waals surface area (Å²) in [5.41, 5.74) is 0.555. The summed E-state index contributed by atoms with van der Waals surface area (Å²) in [4.78, 5) is 28.1. The Labute approximate surface area is 170 Å². The minimum absolute atomic E-state index is 0.0379. The van der Waals surface area contributed by atoms with Crippen LogP contribution in [0.5, 0.6) is 11.5 Å². The number of ketones is 1. The molecule has 0 aromatic heterocycles. The maximum Gasteiger partial charge on any atom is 0.306 e. The number of carbonyl (C=O) groups excluding carboxylic acids is 2. The van der Waals surface area contributed by atoms with Crippen LogP contribution >= 0.6 is 0 Å². The predicted molar refractivity (Wildman–Crippen MR) is 106 cm³/mol. The molecule has 4 atom stereocenters. The van der Waals surface area contributed by atoms with E-state index in [0.717, 1.165) is 36.9 Å². The SMILES string of the molecule is CCCCC(=O)O[C@@]12C=CC(=O)[C@@H]3Oc4c(OC)ccc5c4[C@@]31CCN(C)[C@@H]2C5. The van der Waals surface area contributed by atoms with Crippen LogP contribution < -0.4 is 9.47 Å². The van der Waals surface area contributed by atoms with Crippen LogP contribution in [0.25, 0.3) is 0 Å². The summed E-state index contributed by atoms with van der Waals surface area (Å²) in [5.74, 6) is 0.997. The molecule has 2 aliphatic heterocycles. The third kappa shape index (κ3) is 2.21. The van der Waals surface area contributed by atoms with Crippen LogP contribution in [0.1, 0.15) is 43.7 Å². The van der Waals surface area contributed by atoms with Gasteiger partial charge in [-0.25, -0.2) is 0 Å². The number of methoxy groups -OCH3 is 1. The van der Waals surface area contributed by atoms with Crippen molar-refractivity contribution in [3.63, 3.8) is 0 Å². The van der Waals surface area contributed by atoms with Crippen molar-refractivity contribution in [1.29, 1.82) is 0 Å². The van der Waals surface area contributed by atoms with Crippen LogP contribution in [0.3, 0.4) is 0 Å². The lowest BCUT2D eigenvalue weighted by molar-refractivity contribution is -0.190. The van der Waals surface area contributed by atoms with Crippen molar-refractivity contribution < 1.29 is 23.8 Å². The first-order chi connectivity index (χ1) is 14.0. The fraction of sp³-hybridized carbons (Fsp3) is 0.565. The first-order valence-electron chi connectivity index (χ1n) is 10.5. The lowest BCUT2D eigenvalue weighted by Crippen LogP contribution is -2.75. The largest absolute Gasteiger partial charge is 0.493 e. The molecule has 0 amide bonds. The Morgan fingerprint density at radius 1 is 1.38 bits per heavy atom. The van der Waals surface area contributed by atoms with Crippen molar-refractivity contribution in [2.24, 2.45) is 0 Å². The number of hydrogen-bond donors (Lipinski definition) is 0. The van der Waals surface area contributed by atoms with Crippen LogP contribution in [0, 0.1) is 0 Å². The number of benzene rings is 1. The van der Waals surface area contributed by atoms with E-state index in [4.69, 9.17) is 14.2 Å². The maximum atomic E-state index is 13.0. The van der Waals surface area contributed by atoms with Gasteiger partial charge in [0.1, 0.15) is 0 Å². The molecule has 1 saturated heterocycles. The monoisotopic (exact) mass is 397 g/mol. The van der Waals surface area contributed by atoms with Gasteiger partial charge in [-0.2, -0.15) is 0 Å². The second-order valence-corrected chi connectivity index (χ2v) is 8.66. The number of likely N-dealkylation sites (N-methyl/N-ethyl adjacent to an activating group) is 1. The molecule has 0 N–H and O–H groups in total. The predicted octanol–water partition coefficient (Wildman–Crippen LogP) is 2.57. The Kier molecular flexibility index (Phi) is 4.07. The summed E-state index contributed by atoms with van der Waals surface area (Å²) >= 11 is 0. The van der Waals surface area contributed by atoms with Gasteiger partial charge in [-0.05, 0) is 56.6 Å². The van der Waals surface area contributed by atoms with Crippen LogP contribution in [-0.4, -0.2) is 55.1 Å². The third-order valence-electron chi connectivity index (χ3n) is 7.32. The highest BCUT2D eigenvalue weighted by molar-refractivity contribution is 5.99. The number of likely N-dealkylation sites (tertiary alicyclic amines) is 1. The van der Waals surface area contributed by atoms with Gasteiger partial charge in [0.05, 0.1) is 18.6 Å². The molecule has 0 radical (unpaired) electrons. The molecule has 0 saturated carbocycles. The van der Waals surface area contributed by atoms with Crippen molar-refractivity contribution in [3.8, 4) is 11.5 Å². The van der Waals surface area contributed by atoms with Crippen molar-refractivity contribution in [2.75, 3.05) is 20.7 Å². The Bertz CT molecular complexity index is 924. The van der Waals surface area contributed by atoms with Gasteiger partial charge < -0.3 is 14.2 Å². The van der Waals surface area contributed by atoms with E-state index in [1.54, 1.807) is 13.2 Å². The van der Waals surface area contributed by atoms with E-state index >= 15 is 0 Å². The molecule has 2 heterocycles. The van der Waals surface area contributed by atoms with Crippen LogP contribution in [0.15, 0.2) is 24.3 Å². The number of ether oxygens (including phenoxy) is 3. The van der Waals surface area contributed by atoms with Crippen molar-refractivity contribution in [2.45, 2.75) is 62.2 Å². The molecule has 2 bridgehead atoms. The zero-order valence-electron chi connectivity index (χ0n) is 17.2. The van der Waals surface area contributed by atoms with Gasteiger partial charge in [0, 0.05) is 12.0 Å². The van der Waals surface area contributed by atoms with E-state index in [1.807, 2.05) is 12.1 Å². The van der Waals surface area contributed by atoms with Crippen LogP contribution in [0.2, 0.25) is 0 Å². The first-order valence-corrected chi connectivity index (χ1v) is 10.5. The number of nitrogens with zero attached hydrogens (tertiary/aromatic N) is 1. The molecule has 6 nitrogen and oxygen atoms in total. The molecule has 1 spiro atoms. The van der Waals surface area contributed by atoms with Gasteiger partial charge in [0.2, 0.25) is 0 Å². The van der Waals surface area contributed by atoms with Gasteiger partial charge in [-0.15, -0.1) is 0 Å². The van der Waals surface area contributed by atoms with Crippen molar-refractivity contribution in [3.05, 3.63) is 35.4 Å². The molecule has 6 heteroatoms. The highest BCUT2D eigenvalue weighted by Gasteiger charge is 2.74. The number of unbranched alkanes of at least 4 members (excludes halogenated alkanes) is 1. The number of piperidine rings is 1. The molecule has 1 aromatic carbocycles. The van der Waals surface area contributed by atoms with E-state index in [0.29, 0.717) is 24.3 Å². The Hall–Kier alpha value is -2.34. The first kappa shape index (κ1) is 18.7. The summed E-state index contributed by atoms with van der Waals surface area (Å²) in [5, 5.41) is 0. The zero-order valence-corrected chi connectivity index (χ0v) is 17.2. The number of hydrogen-bond acceptors (Lipinski definition) is 6. The average Bonchev–Trinajstić information content (AvgIpc) is 3.07. The normalized spacial score (nSPS) is 33.8. The van der Waals surface area contributed by atoms with Gasteiger partial charge in [0.25, 0.3) is 0 Å². The van der Waals surface area contributed by atoms with E-state index in [9.17, 15) is 9.59 Å². The summed E-state index contributed by atoms with van der Waals surface area (Å²) in [6.45, 7) is 2.87. The molecule has 4 aliphatic rings. The fourth-order valence-corrected chi connectivity index (χ4v) is 6.00. The Morgan fingerprint density at radius 3 is 2.97 bits per heavy atom. The third-order valence-corrected chi connectivity index (χ3v) is 7.32. The number of esters is 1. The van der Waals surface area contributed by atoms with E-state index < -0.39 is 17.1 Å². The molecule has 29 heavy (non-hydrogen) atoms. The summed E-state index contributed by atoms with van der Waals surface area (Å²) in [6, 6.07) is 3.95. The smallest absolute Gasteiger partial charge is 0.306 e. The van der Waals surface area contributed by atoms with Crippen LogP contribution in [-0.2, 0) is 26.2 Å². The molecule has 0 unspecified atom stereocenters. The Balaban J connectivity index is 1.74. The van der Waals surface area contributed by atoms with E-state index in [-0.39, 0.29) is 17.8 Å². The highest BCUT2D eigenvalue weighted by atomic mass is 16.6. The quantitative estimate of drug-likeness (QED) is 0.712. The van der Waals surface area contributed by atoms with Crippen LogP contribution in [0.4, 0.5) is 0 Å². The lowest BCUT2D eigenvalue weighted by atomic mass is 9.50. The van der Waals surface area contributed by atoms with Crippen molar-refractivity contribution >= 4 is 11.8 Å². The molecule has 2 aliphatic carbocycles. The molecule has 1 fully saturated rings. The average molecular weight is 397 g/mol. The fourth-order valence-electron chi connectivity index (χ4n) is 6.00. The summed E-state index contributed by atoms with van der Waals surface area (Å²) < 4.78 is 18.2.